The summed E-state index contributed by atoms with van der Waals surface area (Å²) >= 11 is 0. The minimum atomic E-state index is -0.988. The van der Waals surface area contributed by atoms with Crippen LogP contribution >= 0.6 is 0 Å². The second-order valence-corrected chi connectivity index (χ2v) is 4.75. The summed E-state index contributed by atoms with van der Waals surface area (Å²) in [6.45, 7) is 3.60. The highest BCUT2D eigenvalue weighted by atomic mass is 16.3. The van der Waals surface area contributed by atoms with E-state index in [2.05, 4.69) is 6.07 Å². The topological polar surface area (TPSA) is 44.0 Å². The molecule has 1 aliphatic rings. The molecule has 0 heterocycles. The van der Waals surface area contributed by atoms with Crippen LogP contribution in [0, 0.1) is 16.7 Å². The van der Waals surface area contributed by atoms with E-state index in [1.807, 2.05) is 24.3 Å². The van der Waals surface area contributed by atoms with Crippen molar-refractivity contribution in [2.24, 2.45) is 5.41 Å². The highest BCUT2D eigenvalue weighted by molar-refractivity contribution is 5.40. The largest absolute Gasteiger partial charge is 0.383 e. The minimum absolute atomic E-state index is 0.646. The first-order valence-corrected chi connectivity index (χ1v) is 5.23. The van der Waals surface area contributed by atoms with Gasteiger partial charge in [-0.2, -0.15) is 5.26 Å². The molecule has 0 fully saturated rings. The van der Waals surface area contributed by atoms with E-state index in [1.54, 1.807) is 13.8 Å². The number of hydrogen-bond acceptors (Lipinski definition) is 2. The molecule has 2 rings (SSSR count). The van der Waals surface area contributed by atoms with Crippen molar-refractivity contribution in [1.29, 1.82) is 5.26 Å². The molecule has 15 heavy (non-hydrogen) atoms. The highest BCUT2D eigenvalue weighted by Gasteiger charge is 2.49. The summed E-state index contributed by atoms with van der Waals surface area (Å²) in [7, 11) is 0. The average Bonchev–Trinajstić information content (AvgIpc) is 2.59. The van der Waals surface area contributed by atoms with Crippen LogP contribution in [0.4, 0.5) is 0 Å². The molecular formula is C13H15NO. The van der Waals surface area contributed by atoms with Gasteiger partial charge in [0, 0.05) is 0 Å². The molecule has 78 valence electrons. The first kappa shape index (κ1) is 10.2. The number of fused-ring (bicyclic) bond motifs is 1. The molecule has 0 saturated carbocycles. The Morgan fingerprint density at radius 1 is 1.40 bits per heavy atom. The van der Waals surface area contributed by atoms with Crippen molar-refractivity contribution in [3.8, 4) is 6.07 Å². The van der Waals surface area contributed by atoms with Crippen molar-refractivity contribution >= 4 is 0 Å². The van der Waals surface area contributed by atoms with Gasteiger partial charge in [-0.25, -0.2) is 0 Å². The molecule has 1 aliphatic carbocycles. The molecular weight excluding hydrogens is 186 g/mol. The average molecular weight is 201 g/mol. The van der Waals surface area contributed by atoms with Crippen LogP contribution in [0.15, 0.2) is 24.3 Å². The Morgan fingerprint density at radius 3 is 2.73 bits per heavy atom. The van der Waals surface area contributed by atoms with Crippen LogP contribution in [0.25, 0.3) is 0 Å². The minimum Gasteiger partial charge on any atom is -0.383 e. The maximum atomic E-state index is 10.6. The lowest BCUT2D eigenvalue weighted by Gasteiger charge is -2.35. The molecule has 0 spiro atoms. The Balaban J connectivity index is 2.55. The van der Waals surface area contributed by atoms with Gasteiger partial charge in [0.15, 0.2) is 0 Å². The molecule has 1 N–H and O–H groups in total. The van der Waals surface area contributed by atoms with Gasteiger partial charge in [-0.3, -0.25) is 0 Å². The molecule has 0 bridgehead atoms. The monoisotopic (exact) mass is 201 g/mol. The smallest absolute Gasteiger partial charge is 0.108 e. The van der Waals surface area contributed by atoms with Gasteiger partial charge in [-0.15, -0.1) is 0 Å². The Kier molecular flexibility index (Phi) is 2.09. The van der Waals surface area contributed by atoms with Crippen molar-refractivity contribution in [2.75, 3.05) is 0 Å². The number of benzene rings is 1. The Hall–Kier alpha value is -1.33. The van der Waals surface area contributed by atoms with Crippen LogP contribution in [0.1, 0.15) is 31.4 Å². The molecule has 0 radical (unpaired) electrons. The zero-order valence-corrected chi connectivity index (χ0v) is 9.12. The fourth-order valence-corrected chi connectivity index (χ4v) is 2.33. The highest BCUT2D eigenvalue weighted by Crippen LogP contribution is 2.48. The zero-order chi connectivity index (χ0) is 11.1. The number of nitrogens with zero attached hydrogens (tertiary/aromatic N) is 1. The van der Waals surface area contributed by atoms with Crippen LogP contribution in [-0.2, 0) is 12.0 Å². The zero-order valence-electron chi connectivity index (χ0n) is 9.12. The third-order valence-corrected chi connectivity index (χ3v) is 3.53. The summed E-state index contributed by atoms with van der Waals surface area (Å²) < 4.78 is 0. The molecule has 1 atom stereocenters. The van der Waals surface area contributed by atoms with E-state index in [4.69, 9.17) is 5.26 Å². The number of rotatable bonds is 1. The predicted octanol–water partition coefficient (Wildman–Crippen LogP) is 2.37. The lowest BCUT2D eigenvalue weighted by Crippen LogP contribution is -2.39. The summed E-state index contributed by atoms with van der Waals surface area (Å²) in [5, 5.41) is 19.8. The van der Waals surface area contributed by atoms with Crippen molar-refractivity contribution in [3.05, 3.63) is 35.4 Å². The Labute approximate surface area is 90.2 Å². The van der Waals surface area contributed by atoms with Gasteiger partial charge in [0.2, 0.25) is 0 Å². The quantitative estimate of drug-likeness (QED) is 0.758. The van der Waals surface area contributed by atoms with E-state index >= 15 is 0 Å². The first-order chi connectivity index (χ1) is 7.01. The molecule has 1 aromatic carbocycles. The maximum Gasteiger partial charge on any atom is 0.108 e. The predicted molar refractivity (Wildman–Crippen MR) is 58.1 cm³/mol. The van der Waals surface area contributed by atoms with Gasteiger partial charge in [0.25, 0.3) is 0 Å². The van der Waals surface area contributed by atoms with E-state index in [0.717, 1.165) is 12.0 Å². The molecule has 0 aliphatic heterocycles. The fraction of sp³-hybridized carbons (Fsp3) is 0.462. The van der Waals surface area contributed by atoms with Crippen molar-refractivity contribution in [2.45, 2.75) is 32.3 Å². The molecule has 0 aromatic heterocycles. The van der Waals surface area contributed by atoms with Gasteiger partial charge in [-0.1, -0.05) is 24.3 Å². The lowest BCUT2D eigenvalue weighted by atomic mass is 9.72. The number of nitriles is 1. The maximum absolute atomic E-state index is 10.6. The van der Waals surface area contributed by atoms with Crippen LogP contribution in [-0.4, -0.2) is 5.11 Å². The Bertz CT molecular complexity index is 430. The number of hydrogen-bond donors (Lipinski definition) is 1. The third kappa shape index (κ3) is 1.27. The molecule has 0 amide bonds. The molecule has 0 saturated heterocycles. The van der Waals surface area contributed by atoms with Crippen LogP contribution in [0.2, 0.25) is 0 Å². The summed E-state index contributed by atoms with van der Waals surface area (Å²) in [6, 6.07) is 10.1. The number of aryl methyl sites for hydroxylation is 1. The van der Waals surface area contributed by atoms with Crippen molar-refractivity contribution in [1.82, 2.24) is 0 Å². The fourth-order valence-electron chi connectivity index (χ4n) is 2.33. The third-order valence-electron chi connectivity index (χ3n) is 3.53. The standard InChI is InChI=1S/C13H15NO/c1-12(2,9-14)13(15)8-7-10-5-3-4-6-11(10)13/h3-6,15H,7-8H2,1-2H3. The van der Waals surface area contributed by atoms with Crippen LogP contribution in [0.3, 0.4) is 0 Å². The van der Waals surface area contributed by atoms with E-state index in [0.29, 0.717) is 6.42 Å². The van der Waals surface area contributed by atoms with Gasteiger partial charge < -0.3 is 5.11 Å². The van der Waals surface area contributed by atoms with Crippen LogP contribution in [0.5, 0.6) is 0 Å². The normalized spacial score (nSPS) is 24.7. The van der Waals surface area contributed by atoms with Gasteiger partial charge in [0.1, 0.15) is 5.60 Å². The summed E-state index contributed by atoms with van der Waals surface area (Å²) in [5.74, 6) is 0. The van der Waals surface area contributed by atoms with Crippen LogP contribution < -0.4 is 0 Å². The first-order valence-electron chi connectivity index (χ1n) is 5.23. The van der Waals surface area contributed by atoms with Gasteiger partial charge in [0.05, 0.1) is 11.5 Å². The van der Waals surface area contributed by atoms with Gasteiger partial charge >= 0.3 is 0 Å². The Morgan fingerprint density at radius 2 is 2.07 bits per heavy atom. The molecule has 1 unspecified atom stereocenters. The van der Waals surface area contributed by atoms with E-state index in [1.165, 1.54) is 5.56 Å². The van der Waals surface area contributed by atoms with E-state index < -0.39 is 11.0 Å². The van der Waals surface area contributed by atoms with Crippen molar-refractivity contribution < 1.29 is 5.11 Å². The second kappa shape index (κ2) is 3.08. The van der Waals surface area contributed by atoms with E-state index in [-0.39, 0.29) is 0 Å². The van der Waals surface area contributed by atoms with E-state index in [9.17, 15) is 5.11 Å². The second-order valence-electron chi connectivity index (χ2n) is 4.75. The SMILES string of the molecule is CC(C)(C#N)C1(O)CCc2ccccc21. The van der Waals surface area contributed by atoms with Gasteiger partial charge in [-0.05, 0) is 37.8 Å². The number of aliphatic hydroxyl groups is 1. The summed E-state index contributed by atoms with van der Waals surface area (Å²) in [5.41, 5.74) is 0.373. The lowest BCUT2D eigenvalue weighted by molar-refractivity contribution is -0.0427. The molecule has 1 aromatic rings. The van der Waals surface area contributed by atoms with Crippen molar-refractivity contribution in [3.63, 3.8) is 0 Å². The summed E-state index contributed by atoms with van der Waals surface area (Å²) in [6.07, 6.45) is 1.50. The molecule has 2 nitrogen and oxygen atoms in total. The summed E-state index contributed by atoms with van der Waals surface area (Å²) in [4.78, 5) is 0. The molecule has 2 heteroatoms.